The van der Waals surface area contributed by atoms with Crippen molar-refractivity contribution in [3.8, 4) is 0 Å². The minimum absolute atomic E-state index is 0.0834. The van der Waals surface area contributed by atoms with Gasteiger partial charge in [0.15, 0.2) is 0 Å². The van der Waals surface area contributed by atoms with Gasteiger partial charge in [-0.05, 0) is 30.7 Å². The molecule has 27 heavy (non-hydrogen) atoms. The Hall–Kier alpha value is -1.68. The van der Waals surface area contributed by atoms with E-state index in [4.69, 9.17) is 4.74 Å². The van der Waals surface area contributed by atoms with Gasteiger partial charge in [-0.15, -0.1) is 0 Å². The molecule has 0 bridgehead atoms. The molecule has 3 rings (SSSR count). The maximum Gasteiger partial charge on any atom is 0.226 e. The number of amides is 1. The largest absolute Gasteiger partial charge is 0.378 e. The van der Waals surface area contributed by atoms with Gasteiger partial charge in [-0.3, -0.25) is 4.79 Å². The van der Waals surface area contributed by atoms with Crippen LogP contribution in [0.2, 0.25) is 0 Å². The highest BCUT2D eigenvalue weighted by molar-refractivity contribution is 5.82. The SMILES string of the molecule is CN(Cc1ccccc1)C(=O)C1CCOC2CCCCCCCC2C1C=O. The smallest absolute Gasteiger partial charge is 0.226 e. The van der Waals surface area contributed by atoms with E-state index in [0.29, 0.717) is 19.6 Å². The van der Waals surface area contributed by atoms with Gasteiger partial charge in [0.25, 0.3) is 0 Å². The third-order valence-electron chi connectivity index (χ3n) is 6.34. The van der Waals surface area contributed by atoms with E-state index in [2.05, 4.69) is 0 Å². The van der Waals surface area contributed by atoms with Crippen molar-refractivity contribution in [3.63, 3.8) is 0 Å². The molecule has 4 atom stereocenters. The van der Waals surface area contributed by atoms with Crippen molar-refractivity contribution < 1.29 is 14.3 Å². The molecule has 1 aromatic rings. The van der Waals surface area contributed by atoms with Crippen LogP contribution in [0.3, 0.4) is 0 Å². The van der Waals surface area contributed by atoms with E-state index >= 15 is 0 Å². The topological polar surface area (TPSA) is 46.6 Å². The molecule has 1 amide bonds. The van der Waals surface area contributed by atoms with Gasteiger partial charge >= 0.3 is 0 Å². The summed E-state index contributed by atoms with van der Waals surface area (Å²) in [6.45, 7) is 1.16. The molecule has 1 saturated carbocycles. The second-order valence-electron chi connectivity index (χ2n) is 8.21. The standard InChI is InChI=1S/C23H33NO3/c1-24(16-18-10-6-5-7-11-18)23(26)20-14-15-27-22-13-9-4-2-3-8-12-19(22)21(20)17-25/h5-7,10-11,17,19-22H,2-4,8-9,12-16H2,1H3. The predicted octanol–water partition coefficient (Wildman–Crippen LogP) is 4.23. The number of benzene rings is 1. The third kappa shape index (κ3) is 5.19. The fourth-order valence-electron chi connectivity index (χ4n) is 4.84. The number of aldehydes is 1. The van der Waals surface area contributed by atoms with Crippen molar-refractivity contribution in [2.45, 2.75) is 64.0 Å². The van der Waals surface area contributed by atoms with Crippen LogP contribution in [-0.4, -0.2) is 36.9 Å². The quantitative estimate of drug-likeness (QED) is 0.744. The average molecular weight is 372 g/mol. The number of hydrogen-bond donors (Lipinski definition) is 0. The Balaban J connectivity index is 1.74. The Kier molecular flexibility index (Phi) is 7.45. The highest BCUT2D eigenvalue weighted by Gasteiger charge is 2.41. The van der Waals surface area contributed by atoms with Crippen LogP contribution in [0.25, 0.3) is 0 Å². The van der Waals surface area contributed by atoms with Crippen LogP contribution in [0.4, 0.5) is 0 Å². The molecule has 2 fully saturated rings. The fraction of sp³-hybridized carbons (Fsp3) is 0.652. The van der Waals surface area contributed by atoms with E-state index in [1.807, 2.05) is 37.4 Å². The Bertz CT molecular complexity index is 603. The van der Waals surface area contributed by atoms with Crippen LogP contribution in [0, 0.1) is 17.8 Å². The second kappa shape index (κ2) is 10.0. The number of rotatable bonds is 4. The zero-order valence-corrected chi connectivity index (χ0v) is 16.5. The van der Waals surface area contributed by atoms with Crippen molar-refractivity contribution in [1.82, 2.24) is 4.90 Å². The van der Waals surface area contributed by atoms with Gasteiger partial charge in [-0.1, -0.05) is 62.4 Å². The normalized spacial score (nSPS) is 29.4. The maximum atomic E-state index is 13.2. The number of carbonyl (C=O) groups excluding carboxylic acids is 2. The van der Waals surface area contributed by atoms with E-state index in [1.54, 1.807) is 4.90 Å². The van der Waals surface area contributed by atoms with Crippen LogP contribution in [0.15, 0.2) is 30.3 Å². The zero-order valence-electron chi connectivity index (χ0n) is 16.5. The molecular formula is C23H33NO3. The molecule has 1 saturated heterocycles. The fourth-order valence-corrected chi connectivity index (χ4v) is 4.84. The predicted molar refractivity (Wildman–Crippen MR) is 106 cm³/mol. The van der Waals surface area contributed by atoms with Crippen molar-refractivity contribution in [3.05, 3.63) is 35.9 Å². The Labute approximate surface area is 163 Å². The van der Waals surface area contributed by atoms with Gasteiger partial charge in [-0.25, -0.2) is 0 Å². The monoisotopic (exact) mass is 371 g/mol. The summed E-state index contributed by atoms with van der Waals surface area (Å²) >= 11 is 0. The molecule has 0 radical (unpaired) electrons. The van der Waals surface area contributed by atoms with Gasteiger partial charge in [0.05, 0.1) is 12.0 Å². The van der Waals surface area contributed by atoms with Crippen molar-refractivity contribution in [2.75, 3.05) is 13.7 Å². The molecular weight excluding hydrogens is 338 g/mol. The molecule has 0 aromatic heterocycles. The van der Waals surface area contributed by atoms with Gasteiger partial charge in [0.2, 0.25) is 5.91 Å². The highest BCUT2D eigenvalue weighted by Crippen LogP contribution is 2.37. The molecule has 0 spiro atoms. The van der Waals surface area contributed by atoms with E-state index in [9.17, 15) is 9.59 Å². The lowest BCUT2D eigenvalue weighted by Crippen LogP contribution is -2.40. The molecule has 4 unspecified atom stereocenters. The Morgan fingerprint density at radius 3 is 2.52 bits per heavy atom. The summed E-state index contributed by atoms with van der Waals surface area (Å²) in [6, 6.07) is 10.0. The average Bonchev–Trinajstić information content (AvgIpc) is 2.77. The van der Waals surface area contributed by atoms with Crippen LogP contribution in [0.5, 0.6) is 0 Å². The molecule has 0 N–H and O–H groups in total. The van der Waals surface area contributed by atoms with Crippen molar-refractivity contribution in [1.29, 1.82) is 0 Å². The first-order valence-electron chi connectivity index (χ1n) is 10.6. The molecule has 4 heteroatoms. The first kappa shape index (κ1) is 20.1. The van der Waals surface area contributed by atoms with Gasteiger partial charge < -0.3 is 14.4 Å². The number of nitrogens with zero attached hydrogens (tertiary/aromatic N) is 1. The van der Waals surface area contributed by atoms with E-state index < -0.39 is 0 Å². The number of hydrogen-bond acceptors (Lipinski definition) is 3. The molecule has 1 heterocycles. The number of fused-ring (bicyclic) bond motifs is 1. The van der Waals surface area contributed by atoms with E-state index in [-0.39, 0.29) is 29.8 Å². The van der Waals surface area contributed by atoms with Crippen molar-refractivity contribution >= 4 is 12.2 Å². The molecule has 148 valence electrons. The maximum absolute atomic E-state index is 13.2. The second-order valence-corrected chi connectivity index (χ2v) is 8.21. The van der Waals surface area contributed by atoms with Gasteiger partial charge in [-0.2, -0.15) is 0 Å². The summed E-state index contributed by atoms with van der Waals surface area (Å²) in [5.74, 6) is -0.212. The van der Waals surface area contributed by atoms with Crippen LogP contribution >= 0.6 is 0 Å². The molecule has 4 nitrogen and oxygen atoms in total. The number of ether oxygens (including phenoxy) is 1. The third-order valence-corrected chi connectivity index (χ3v) is 6.34. The van der Waals surface area contributed by atoms with Crippen LogP contribution in [0.1, 0.15) is 56.9 Å². The lowest BCUT2D eigenvalue weighted by Gasteiger charge is -2.32. The summed E-state index contributed by atoms with van der Waals surface area (Å²) < 4.78 is 6.18. The zero-order chi connectivity index (χ0) is 19.1. The van der Waals surface area contributed by atoms with Crippen LogP contribution < -0.4 is 0 Å². The van der Waals surface area contributed by atoms with Crippen molar-refractivity contribution in [2.24, 2.45) is 17.8 Å². The Morgan fingerprint density at radius 2 is 1.78 bits per heavy atom. The first-order valence-corrected chi connectivity index (χ1v) is 10.6. The molecule has 1 aromatic carbocycles. The summed E-state index contributed by atoms with van der Waals surface area (Å²) in [4.78, 5) is 27.1. The van der Waals surface area contributed by atoms with E-state index in [1.165, 1.54) is 25.7 Å². The number of carbonyl (C=O) groups is 2. The summed E-state index contributed by atoms with van der Waals surface area (Å²) in [5.41, 5.74) is 1.11. The van der Waals surface area contributed by atoms with Gasteiger partial charge in [0.1, 0.15) is 6.29 Å². The first-order chi connectivity index (χ1) is 13.2. The Morgan fingerprint density at radius 1 is 1.07 bits per heavy atom. The molecule has 1 aliphatic carbocycles. The minimum Gasteiger partial charge on any atom is -0.378 e. The molecule has 1 aliphatic heterocycles. The summed E-state index contributed by atoms with van der Waals surface area (Å²) in [5, 5.41) is 0. The molecule has 2 aliphatic rings. The van der Waals surface area contributed by atoms with Crippen LogP contribution in [-0.2, 0) is 20.9 Å². The minimum atomic E-state index is -0.257. The van der Waals surface area contributed by atoms with E-state index in [0.717, 1.165) is 31.1 Å². The summed E-state index contributed by atoms with van der Waals surface area (Å²) in [7, 11) is 1.85. The van der Waals surface area contributed by atoms with Gasteiger partial charge in [0, 0.05) is 26.1 Å². The lowest BCUT2D eigenvalue weighted by atomic mass is 9.75. The highest BCUT2D eigenvalue weighted by atomic mass is 16.5. The summed E-state index contributed by atoms with van der Waals surface area (Å²) in [6.07, 6.45) is 9.91. The lowest BCUT2D eigenvalue weighted by molar-refractivity contribution is -0.139.